The molecule has 30 heavy (non-hydrogen) atoms. The number of benzene rings is 2. The number of nitrogens with one attached hydrogen (secondary N) is 1. The first-order valence-electron chi connectivity index (χ1n) is 10.2. The third-order valence-corrected chi connectivity index (χ3v) is 5.76. The predicted octanol–water partition coefficient (Wildman–Crippen LogP) is 8.20. The van der Waals surface area contributed by atoms with Gasteiger partial charge in [-0.15, -0.1) is 0 Å². The van der Waals surface area contributed by atoms with Crippen LogP contribution in [0.25, 0.3) is 0 Å². The van der Waals surface area contributed by atoms with Crippen molar-refractivity contribution in [2.75, 3.05) is 5.73 Å². The molecule has 4 heteroatoms. The highest BCUT2D eigenvalue weighted by Crippen LogP contribution is 2.39. The van der Waals surface area contributed by atoms with E-state index in [-0.39, 0.29) is 5.92 Å². The van der Waals surface area contributed by atoms with Gasteiger partial charge in [0.25, 0.3) is 0 Å². The fraction of sp³-hybridized carbons (Fsp3) is 0.269. The van der Waals surface area contributed by atoms with E-state index in [1.54, 1.807) is 0 Å². The number of halogens is 2. The average Bonchev–Trinajstić information content (AvgIpc) is 2.70. The Morgan fingerprint density at radius 2 is 1.70 bits per heavy atom. The second-order valence-corrected chi connectivity index (χ2v) is 8.22. The van der Waals surface area contributed by atoms with Crippen LogP contribution in [0.2, 0.25) is 10.0 Å². The van der Waals surface area contributed by atoms with Crippen LogP contribution in [0, 0.1) is 19.3 Å². The lowest BCUT2D eigenvalue weighted by Crippen LogP contribution is -2.04. The molecule has 1 atom stereocenters. The summed E-state index contributed by atoms with van der Waals surface area (Å²) in [5, 5.41) is 9.12. The van der Waals surface area contributed by atoms with Crippen molar-refractivity contribution >= 4 is 34.6 Å². The molecule has 0 bridgehead atoms. The fourth-order valence-electron chi connectivity index (χ4n) is 3.42. The van der Waals surface area contributed by atoms with E-state index < -0.39 is 0 Å². The molecule has 3 N–H and O–H groups in total. The maximum atomic E-state index is 7.85. The summed E-state index contributed by atoms with van der Waals surface area (Å²) >= 11 is 13.2. The average molecular weight is 441 g/mol. The molecule has 158 valence electrons. The van der Waals surface area contributed by atoms with E-state index in [4.69, 9.17) is 34.3 Å². The van der Waals surface area contributed by atoms with Gasteiger partial charge in [-0.05, 0) is 74.1 Å². The smallest absolute Gasteiger partial charge is 0.0462 e. The van der Waals surface area contributed by atoms with Crippen LogP contribution in [0.1, 0.15) is 54.9 Å². The third kappa shape index (κ3) is 6.10. The minimum absolute atomic E-state index is 0.116. The molecule has 2 aromatic rings. The molecule has 0 spiro atoms. The Labute approximate surface area is 190 Å². The Balaban J connectivity index is 2.64. The van der Waals surface area contributed by atoms with E-state index in [0.717, 1.165) is 46.4 Å². The van der Waals surface area contributed by atoms with Crippen LogP contribution >= 0.6 is 23.2 Å². The van der Waals surface area contributed by atoms with Crippen LogP contribution in [0.5, 0.6) is 0 Å². The van der Waals surface area contributed by atoms with Gasteiger partial charge in [0.05, 0.1) is 0 Å². The van der Waals surface area contributed by atoms with Gasteiger partial charge >= 0.3 is 0 Å². The van der Waals surface area contributed by atoms with E-state index in [1.165, 1.54) is 0 Å². The summed E-state index contributed by atoms with van der Waals surface area (Å²) in [6.07, 6.45) is 11.7. The monoisotopic (exact) mass is 440 g/mol. The number of hydrogen-bond donors (Lipinski definition) is 2. The minimum atomic E-state index is -0.116. The molecule has 0 aliphatic heterocycles. The quantitative estimate of drug-likeness (QED) is 0.242. The second kappa shape index (κ2) is 11.2. The van der Waals surface area contributed by atoms with Crippen LogP contribution in [0.3, 0.4) is 0 Å². The van der Waals surface area contributed by atoms with Crippen LogP contribution in [-0.2, 0) is 0 Å². The van der Waals surface area contributed by atoms with Crippen LogP contribution in [0.4, 0.5) is 5.69 Å². The van der Waals surface area contributed by atoms with E-state index in [1.807, 2.05) is 64.1 Å². The van der Waals surface area contributed by atoms with Crippen LogP contribution < -0.4 is 5.73 Å². The van der Waals surface area contributed by atoms with Crippen molar-refractivity contribution in [3.63, 3.8) is 0 Å². The van der Waals surface area contributed by atoms with Gasteiger partial charge in [-0.3, -0.25) is 0 Å². The first-order valence-corrected chi connectivity index (χ1v) is 10.9. The summed E-state index contributed by atoms with van der Waals surface area (Å²) in [6.45, 7) is 8.02. The Bertz CT molecular complexity index is 957. The first-order chi connectivity index (χ1) is 14.3. The highest BCUT2D eigenvalue weighted by Gasteiger charge is 2.20. The number of allylic oxidation sites excluding steroid dienone is 6. The van der Waals surface area contributed by atoms with Crippen molar-refractivity contribution in [3.05, 3.63) is 98.6 Å². The largest absolute Gasteiger partial charge is 0.398 e. The van der Waals surface area contributed by atoms with Crippen molar-refractivity contribution < 1.29 is 0 Å². The summed E-state index contributed by atoms with van der Waals surface area (Å²) in [5.41, 5.74) is 12.8. The lowest BCUT2D eigenvalue weighted by atomic mass is 9.86. The summed E-state index contributed by atoms with van der Waals surface area (Å²) < 4.78 is 0. The van der Waals surface area contributed by atoms with Crippen molar-refractivity contribution in [1.82, 2.24) is 0 Å². The maximum absolute atomic E-state index is 7.85. The number of hydrogen-bond acceptors (Lipinski definition) is 2. The molecule has 0 saturated carbocycles. The molecule has 0 aromatic heterocycles. The highest BCUT2D eigenvalue weighted by atomic mass is 35.5. The van der Waals surface area contributed by atoms with Gasteiger partial charge in [0.1, 0.15) is 0 Å². The molecule has 0 aliphatic carbocycles. The Kier molecular flexibility index (Phi) is 8.95. The molecular formula is C26H30Cl2N2. The van der Waals surface area contributed by atoms with Gasteiger partial charge in [0, 0.05) is 32.9 Å². The maximum Gasteiger partial charge on any atom is 0.0462 e. The van der Waals surface area contributed by atoms with Gasteiger partial charge < -0.3 is 11.1 Å². The van der Waals surface area contributed by atoms with Crippen molar-refractivity contribution in [2.24, 2.45) is 0 Å². The topological polar surface area (TPSA) is 49.9 Å². The lowest BCUT2D eigenvalue weighted by Gasteiger charge is -2.20. The Morgan fingerprint density at radius 3 is 2.23 bits per heavy atom. The van der Waals surface area contributed by atoms with Gasteiger partial charge in [0.2, 0.25) is 0 Å². The van der Waals surface area contributed by atoms with E-state index in [2.05, 4.69) is 24.3 Å². The van der Waals surface area contributed by atoms with Gasteiger partial charge in [0.15, 0.2) is 0 Å². The normalized spacial score (nSPS) is 13.3. The van der Waals surface area contributed by atoms with E-state index >= 15 is 0 Å². The number of rotatable bonds is 8. The van der Waals surface area contributed by atoms with Crippen molar-refractivity contribution in [2.45, 2.75) is 46.5 Å². The van der Waals surface area contributed by atoms with Crippen LogP contribution in [-0.4, -0.2) is 5.71 Å². The van der Waals surface area contributed by atoms with Gasteiger partial charge in [-0.1, -0.05) is 72.6 Å². The minimum Gasteiger partial charge on any atom is -0.398 e. The molecular weight excluding hydrogens is 411 g/mol. The molecule has 0 radical (unpaired) electrons. The molecule has 0 aliphatic rings. The summed E-state index contributed by atoms with van der Waals surface area (Å²) in [5.74, 6) is -0.116. The molecule has 1 unspecified atom stereocenters. The molecule has 2 rings (SSSR count). The highest BCUT2D eigenvalue weighted by molar-refractivity contribution is 6.36. The first kappa shape index (κ1) is 24.0. The molecule has 0 saturated heterocycles. The molecule has 0 fully saturated rings. The zero-order valence-corrected chi connectivity index (χ0v) is 19.6. The second-order valence-electron chi connectivity index (χ2n) is 7.41. The summed E-state index contributed by atoms with van der Waals surface area (Å²) in [7, 11) is 0. The number of nitrogens with two attached hydrogens (primary N) is 1. The summed E-state index contributed by atoms with van der Waals surface area (Å²) in [4.78, 5) is 0. The zero-order chi connectivity index (χ0) is 22.3. The Hall–Kier alpha value is -2.29. The van der Waals surface area contributed by atoms with Gasteiger partial charge in [-0.2, -0.15) is 0 Å². The SMILES string of the molecule is C/C=C/C(=CC(c1cc(C)c(N)c(C)c1)c1c(Cl)cccc1Cl)C/C=C\C(=N)CC. The standard InChI is InChI=1S/C26H30Cl2N2/c1-5-9-19(10-7-11-21(29)6-2)16-22(25-23(27)12-8-13-24(25)28)20-14-17(3)26(30)18(4)15-20/h5,7-9,11-16,22,29H,6,10,30H2,1-4H3/b9-5+,11-7-,19-16?,29-21?. The van der Waals surface area contributed by atoms with Gasteiger partial charge in [-0.25, -0.2) is 0 Å². The molecule has 2 nitrogen and oxygen atoms in total. The molecule has 0 heterocycles. The Morgan fingerprint density at radius 1 is 1.10 bits per heavy atom. The third-order valence-electron chi connectivity index (χ3n) is 5.10. The van der Waals surface area contributed by atoms with Crippen molar-refractivity contribution in [1.29, 1.82) is 5.41 Å². The predicted molar refractivity (Wildman–Crippen MR) is 133 cm³/mol. The molecule has 0 amide bonds. The van der Waals surface area contributed by atoms with E-state index in [9.17, 15) is 0 Å². The van der Waals surface area contributed by atoms with Crippen LogP contribution in [0.15, 0.2) is 66.3 Å². The van der Waals surface area contributed by atoms with Crippen molar-refractivity contribution in [3.8, 4) is 0 Å². The molecule has 2 aromatic carbocycles. The fourth-order valence-corrected chi connectivity index (χ4v) is 4.05. The zero-order valence-electron chi connectivity index (χ0n) is 18.1. The summed E-state index contributed by atoms with van der Waals surface area (Å²) in [6, 6.07) is 9.83. The van der Waals surface area contributed by atoms with E-state index in [0.29, 0.717) is 15.8 Å². The number of nitrogen functional groups attached to an aromatic ring is 1. The number of anilines is 1. The lowest BCUT2D eigenvalue weighted by molar-refractivity contribution is 0.998. The number of aryl methyl sites for hydroxylation is 2.